The number of para-hydroxylation sites is 2. The molecule has 10 aromatic rings. The summed E-state index contributed by atoms with van der Waals surface area (Å²) in [6.45, 7) is 0. The first-order chi connectivity index (χ1) is 25.8. The zero-order chi connectivity index (χ0) is 34.4. The molecule has 1 heterocycles. The van der Waals surface area contributed by atoms with Crippen LogP contribution in [0, 0.1) is 0 Å². The Kier molecular flexibility index (Phi) is 7.18. The maximum Gasteiger partial charge on any atom is 0.143 e. The van der Waals surface area contributed by atoms with Crippen LogP contribution in [-0.2, 0) is 0 Å². The van der Waals surface area contributed by atoms with Gasteiger partial charge in [0.25, 0.3) is 0 Å². The van der Waals surface area contributed by atoms with Gasteiger partial charge in [-0.15, -0.1) is 0 Å². The molecule has 2 nitrogen and oxygen atoms in total. The summed E-state index contributed by atoms with van der Waals surface area (Å²) in [7, 11) is 0. The highest BCUT2D eigenvalue weighted by atomic mass is 16.3. The van der Waals surface area contributed by atoms with Gasteiger partial charge in [0.2, 0.25) is 0 Å². The fourth-order valence-corrected chi connectivity index (χ4v) is 7.80. The molecule has 52 heavy (non-hydrogen) atoms. The van der Waals surface area contributed by atoms with Crippen molar-refractivity contribution in [1.82, 2.24) is 0 Å². The molecule has 0 atom stereocenters. The average molecular weight is 664 g/mol. The Labute approximate surface area is 302 Å². The first-order valence-corrected chi connectivity index (χ1v) is 17.8. The van der Waals surface area contributed by atoms with Crippen molar-refractivity contribution < 1.29 is 4.42 Å². The molecule has 0 aliphatic heterocycles. The van der Waals surface area contributed by atoms with E-state index < -0.39 is 0 Å². The second kappa shape index (κ2) is 12.5. The molecule has 0 amide bonds. The normalized spacial score (nSPS) is 11.5. The fraction of sp³-hybridized carbons (Fsp3) is 0. The molecule has 0 saturated heterocycles. The lowest BCUT2D eigenvalue weighted by Gasteiger charge is -2.30. The molecule has 0 bridgehead atoms. The van der Waals surface area contributed by atoms with E-state index in [0.29, 0.717) is 0 Å². The van der Waals surface area contributed by atoms with Gasteiger partial charge in [-0.05, 0) is 80.2 Å². The maximum absolute atomic E-state index is 6.73. The van der Waals surface area contributed by atoms with Crippen LogP contribution in [0.2, 0.25) is 0 Å². The van der Waals surface area contributed by atoms with Gasteiger partial charge < -0.3 is 9.32 Å². The molecule has 0 aliphatic carbocycles. The van der Waals surface area contributed by atoms with Crippen molar-refractivity contribution in [3.8, 4) is 33.4 Å². The van der Waals surface area contributed by atoms with E-state index in [2.05, 4.69) is 199 Å². The minimum Gasteiger partial charge on any atom is -0.455 e. The molecular weight excluding hydrogens is 631 g/mol. The van der Waals surface area contributed by atoms with Crippen molar-refractivity contribution in [3.05, 3.63) is 200 Å². The lowest BCUT2D eigenvalue weighted by atomic mass is 9.91. The molecule has 0 saturated carbocycles. The molecule has 0 radical (unpaired) electrons. The van der Waals surface area contributed by atoms with Gasteiger partial charge in [0.15, 0.2) is 0 Å². The second-order valence-electron chi connectivity index (χ2n) is 13.3. The van der Waals surface area contributed by atoms with Crippen LogP contribution in [0.3, 0.4) is 0 Å². The first kappa shape index (κ1) is 30.0. The Bertz CT molecular complexity index is 2890. The van der Waals surface area contributed by atoms with E-state index in [1.54, 1.807) is 0 Å². The van der Waals surface area contributed by atoms with Gasteiger partial charge in [0.1, 0.15) is 11.2 Å². The van der Waals surface area contributed by atoms with E-state index in [0.717, 1.165) is 61.3 Å². The Balaban J connectivity index is 1.28. The monoisotopic (exact) mass is 663 g/mol. The van der Waals surface area contributed by atoms with Crippen molar-refractivity contribution in [3.63, 3.8) is 0 Å². The second-order valence-corrected chi connectivity index (χ2v) is 13.3. The van der Waals surface area contributed by atoms with E-state index in [4.69, 9.17) is 4.42 Å². The molecule has 1 aromatic heterocycles. The van der Waals surface area contributed by atoms with Crippen molar-refractivity contribution in [2.45, 2.75) is 0 Å². The third-order valence-corrected chi connectivity index (χ3v) is 10.3. The number of fused-ring (bicyclic) bond motifs is 6. The molecule has 9 aromatic carbocycles. The van der Waals surface area contributed by atoms with E-state index >= 15 is 0 Å². The minimum absolute atomic E-state index is 0.886. The predicted octanol–water partition coefficient (Wildman–Crippen LogP) is 14.4. The molecule has 244 valence electrons. The van der Waals surface area contributed by atoms with Crippen LogP contribution >= 0.6 is 0 Å². The summed E-state index contributed by atoms with van der Waals surface area (Å²) >= 11 is 0. The van der Waals surface area contributed by atoms with E-state index in [-0.39, 0.29) is 0 Å². The van der Waals surface area contributed by atoms with Gasteiger partial charge in [0.05, 0.1) is 5.69 Å². The van der Waals surface area contributed by atoms with Gasteiger partial charge >= 0.3 is 0 Å². The van der Waals surface area contributed by atoms with Crippen LogP contribution in [0.25, 0.3) is 76.9 Å². The summed E-state index contributed by atoms with van der Waals surface area (Å²) in [6, 6.07) is 71.7. The zero-order valence-electron chi connectivity index (χ0n) is 28.4. The van der Waals surface area contributed by atoms with Crippen molar-refractivity contribution >= 4 is 60.5 Å². The van der Waals surface area contributed by atoms with Crippen LogP contribution in [0.4, 0.5) is 17.1 Å². The van der Waals surface area contributed by atoms with Crippen molar-refractivity contribution in [1.29, 1.82) is 0 Å². The van der Waals surface area contributed by atoms with Gasteiger partial charge in [-0.1, -0.05) is 164 Å². The number of furan rings is 1. The Hall–Kier alpha value is -6.90. The summed E-state index contributed by atoms with van der Waals surface area (Å²) in [4.78, 5) is 2.42. The highest BCUT2D eigenvalue weighted by Crippen LogP contribution is 2.49. The smallest absolute Gasteiger partial charge is 0.143 e. The maximum atomic E-state index is 6.73. The summed E-state index contributed by atoms with van der Waals surface area (Å²) in [5.41, 5.74) is 11.8. The highest BCUT2D eigenvalue weighted by Gasteiger charge is 2.24. The number of anilines is 3. The Morgan fingerprint density at radius 3 is 1.73 bits per heavy atom. The third kappa shape index (κ3) is 5.04. The van der Waals surface area contributed by atoms with E-state index in [1.165, 1.54) is 32.7 Å². The van der Waals surface area contributed by atoms with Gasteiger partial charge in [-0.25, -0.2) is 0 Å². The molecule has 0 N–H and O–H groups in total. The average Bonchev–Trinajstić information content (AvgIpc) is 3.61. The standard InChI is InChI=1S/C50H33NO/c1-3-13-34(14-4-1)35-27-30-39(31-28-35)51(40-32-29-38-26-25-37-17-7-8-18-41(37)46(38)33-40)47-23-12-20-42(36-15-5-2-6-16-36)49(47)45-22-11-21-44-43-19-9-10-24-48(43)52-50(44)45/h1-33H. The van der Waals surface area contributed by atoms with Crippen LogP contribution in [0.5, 0.6) is 0 Å². The SMILES string of the molecule is c1ccc(-c2ccc(N(c3ccc4ccc5ccccc5c4c3)c3cccc(-c4ccccc4)c3-c3cccc4c3oc3ccccc34)cc2)cc1. The lowest BCUT2D eigenvalue weighted by molar-refractivity contribution is 0.670. The predicted molar refractivity (Wildman–Crippen MR) is 220 cm³/mol. The minimum atomic E-state index is 0.886. The van der Waals surface area contributed by atoms with Crippen LogP contribution in [0.15, 0.2) is 205 Å². The van der Waals surface area contributed by atoms with Gasteiger partial charge in [0, 0.05) is 33.3 Å². The molecule has 0 unspecified atom stereocenters. The number of hydrogen-bond acceptors (Lipinski definition) is 2. The molecule has 10 rings (SSSR count). The molecule has 2 heteroatoms. The summed E-state index contributed by atoms with van der Waals surface area (Å²) in [6.07, 6.45) is 0. The number of rotatable bonds is 6. The highest BCUT2D eigenvalue weighted by molar-refractivity contribution is 6.13. The van der Waals surface area contributed by atoms with Crippen LogP contribution < -0.4 is 4.90 Å². The summed E-state index contributed by atoms with van der Waals surface area (Å²) < 4.78 is 6.73. The molecular formula is C50H33NO. The summed E-state index contributed by atoms with van der Waals surface area (Å²) in [5, 5.41) is 7.14. The third-order valence-electron chi connectivity index (χ3n) is 10.3. The summed E-state index contributed by atoms with van der Waals surface area (Å²) in [5.74, 6) is 0. The fourth-order valence-electron chi connectivity index (χ4n) is 7.80. The lowest BCUT2D eigenvalue weighted by Crippen LogP contribution is -2.12. The number of hydrogen-bond donors (Lipinski definition) is 0. The topological polar surface area (TPSA) is 16.4 Å². The Morgan fingerprint density at radius 1 is 0.346 bits per heavy atom. The largest absolute Gasteiger partial charge is 0.455 e. The van der Waals surface area contributed by atoms with Gasteiger partial charge in [-0.2, -0.15) is 0 Å². The first-order valence-electron chi connectivity index (χ1n) is 17.8. The quantitative estimate of drug-likeness (QED) is 0.165. The van der Waals surface area contributed by atoms with Gasteiger partial charge in [-0.3, -0.25) is 0 Å². The van der Waals surface area contributed by atoms with E-state index in [1.807, 2.05) is 6.07 Å². The molecule has 0 aliphatic rings. The molecule has 0 fully saturated rings. The van der Waals surface area contributed by atoms with E-state index in [9.17, 15) is 0 Å². The van der Waals surface area contributed by atoms with Crippen LogP contribution in [0.1, 0.15) is 0 Å². The zero-order valence-corrected chi connectivity index (χ0v) is 28.4. The number of benzene rings is 9. The number of nitrogens with zero attached hydrogens (tertiary/aromatic N) is 1. The van der Waals surface area contributed by atoms with Crippen molar-refractivity contribution in [2.75, 3.05) is 4.90 Å². The molecule has 0 spiro atoms. The van der Waals surface area contributed by atoms with Crippen molar-refractivity contribution in [2.24, 2.45) is 0 Å². The van der Waals surface area contributed by atoms with Crippen LogP contribution in [-0.4, -0.2) is 0 Å². The Morgan fingerprint density at radius 2 is 0.923 bits per heavy atom.